The first-order valence-electron chi connectivity index (χ1n) is 2.59. The highest BCUT2D eigenvalue weighted by Gasteiger charge is 1.93. The molecule has 0 aromatic rings. The van der Waals surface area contributed by atoms with E-state index < -0.39 is 0 Å². The molecule has 1 nitrogen and oxygen atoms in total. The molecule has 0 atom stereocenters. The fourth-order valence-corrected chi connectivity index (χ4v) is 0.672. The van der Waals surface area contributed by atoms with Crippen LogP contribution >= 0.6 is 0 Å². The molecule has 0 aliphatic carbocycles. The van der Waals surface area contributed by atoms with Gasteiger partial charge in [0.2, 0.25) is 0 Å². The van der Waals surface area contributed by atoms with E-state index in [1.165, 1.54) is 5.57 Å². The highest BCUT2D eigenvalue weighted by molar-refractivity contribution is 5.11. The molecule has 0 bridgehead atoms. The summed E-state index contributed by atoms with van der Waals surface area (Å²) in [4.78, 5) is 0. The zero-order chi connectivity index (χ0) is 5.11. The summed E-state index contributed by atoms with van der Waals surface area (Å²) >= 11 is 0. The minimum absolute atomic E-state index is 1.04. The van der Waals surface area contributed by atoms with Crippen molar-refractivity contribution in [2.75, 3.05) is 13.1 Å². The Morgan fingerprint density at radius 3 is 2.86 bits per heavy atom. The predicted molar refractivity (Wildman–Crippen MR) is 30.9 cm³/mol. The van der Waals surface area contributed by atoms with Gasteiger partial charge in [-0.1, -0.05) is 11.6 Å². The van der Waals surface area contributed by atoms with Crippen molar-refractivity contribution in [2.45, 2.75) is 6.92 Å². The van der Waals surface area contributed by atoms with Crippen LogP contribution in [-0.4, -0.2) is 13.1 Å². The van der Waals surface area contributed by atoms with Gasteiger partial charge in [0.05, 0.1) is 0 Å². The van der Waals surface area contributed by atoms with E-state index in [0.717, 1.165) is 13.1 Å². The maximum absolute atomic E-state index is 3.21. The third-order valence-electron chi connectivity index (χ3n) is 1.07. The minimum atomic E-state index is 1.04. The molecule has 1 heterocycles. The number of hydrogen-bond donors (Lipinski definition) is 1. The molecular formula is C6H10N. The van der Waals surface area contributed by atoms with Crippen LogP contribution in [0, 0.1) is 6.42 Å². The molecule has 1 N–H and O–H groups in total. The number of nitrogens with one attached hydrogen (secondary N) is 1. The Balaban J connectivity index is 2.40. The maximum Gasteiger partial charge on any atom is 0.0162 e. The van der Waals surface area contributed by atoms with Crippen LogP contribution in [-0.2, 0) is 0 Å². The van der Waals surface area contributed by atoms with Crippen LogP contribution in [0.4, 0.5) is 0 Å². The maximum atomic E-state index is 3.21. The SMILES string of the molecule is CC1=C[CH]CNC1. The predicted octanol–water partition coefficient (Wildman–Crippen LogP) is 0.740. The van der Waals surface area contributed by atoms with Crippen LogP contribution in [0.1, 0.15) is 6.92 Å². The summed E-state index contributed by atoms with van der Waals surface area (Å²) in [6.07, 6.45) is 4.30. The summed E-state index contributed by atoms with van der Waals surface area (Å²) in [5.41, 5.74) is 1.42. The lowest BCUT2D eigenvalue weighted by molar-refractivity contribution is 0.770. The largest absolute Gasteiger partial charge is 0.312 e. The third-order valence-corrected chi connectivity index (χ3v) is 1.07. The molecule has 0 aromatic carbocycles. The van der Waals surface area contributed by atoms with Crippen molar-refractivity contribution in [3.63, 3.8) is 0 Å². The zero-order valence-corrected chi connectivity index (χ0v) is 4.57. The molecule has 0 aromatic heterocycles. The summed E-state index contributed by atoms with van der Waals surface area (Å²) in [5, 5.41) is 3.21. The molecule has 0 saturated heterocycles. The molecule has 0 amide bonds. The Hall–Kier alpha value is -0.300. The summed E-state index contributed by atoms with van der Waals surface area (Å²) in [5.74, 6) is 0. The molecule has 0 unspecified atom stereocenters. The van der Waals surface area contributed by atoms with Gasteiger partial charge >= 0.3 is 0 Å². The van der Waals surface area contributed by atoms with Gasteiger partial charge in [0.15, 0.2) is 0 Å². The first-order valence-corrected chi connectivity index (χ1v) is 2.59. The van der Waals surface area contributed by atoms with Gasteiger partial charge in [-0.2, -0.15) is 0 Å². The van der Waals surface area contributed by atoms with Crippen LogP contribution < -0.4 is 5.32 Å². The zero-order valence-electron chi connectivity index (χ0n) is 4.57. The summed E-state index contributed by atoms with van der Waals surface area (Å²) in [7, 11) is 0. The van der Waals surface area contributed by atoms with Crippen molar-refractivity contribution in [3.8, 4) is 0 Å². The molecule has 0 saturated carbocycles. The third kappa shape index (κ3) is 1.32. The Bertz CT molecular complexity index is 84.2. The molecule has 0 fully saturated rings. The lowest BCUT2D eigenvalue weighted by Crippen LogP contribution is -2.21. The molecule has 0 spiro atoms. The first kappa shape index (κ1) is 4.85. The standard InChI is InChI=1S/C6H10N/c1-6-3-2-4-7-5-6/h2-3,7H,4-5H2,1H3. The van der Waals surface area contributed by atoms with E-state index in [-0.39, 0.29) is 0 Å². The van der Waals surface area contributed by atoms with Gasteiger partial charge in [-0.3, -0.25) is 0 Å². The second kappa shape index (κ2) is 2.12. The van der Waals surface area contributed by atoms with Gasteiger partial charge < -0.3 is 5.32 Å². The van der Waals surface area contributed by atoms with Crippen molar-refractivity contribution in [1.29, 1.82) is 0 Å². The second-order valence-corrected chi connectivity index (χ2v) is 1.88. The highest BCUT2D eigenvalue weighted by atomic mass is 14.9. The van der Waals surface area contributed by atoms with E-state index in [1.807, 2.05) is 0 Å². The van der Waals surface area contributed by atoms with Gasteiger partial charge in [0.25, 0.3) is 0 Å². The van der Waals surface area contributed by atoms with Crippen LogP contribution in [0.3, 0.4) is 0 Å². The Morgan fingerprint density at radius 1 is 1.71 bits per heavy atom. The topological polar surface area (TPSA) is 12.0 Å². The van der Waals surface area contributed by atoms with Gasteiger partial charge in [0, 0.05) is 13.1 Å². The molecular weight excluding hydrogens is 86.1 g/mol. The fourth-order valence-electron chi connectivity index (χ4n) is 0.672. The molecule has 1 aliphatic heterocycles. The summed E-state index contributed by atoms with van der Waals surface area (Å²) in [6, 6.07) is 0. The summed E-state index contributed by atoms with van der Waals surface area (Å²) < 4.78 is 0. The number of rotatable bonds is 0. The lowest BCUT2D eigenvalue weighted by atomic mass is 10.2. The monoisotopic (exact) mass is 96.1 g/mol. The van der Waals surface area contributed by atoms with Gasteiger partial charge in [0.1, 0.15) is 0 Å². The van der Waals surface area contributed by atoms with E-state index >= 15 is 0 Å². The Labute approximate surface area is 44.4 Å². The average Bonchev–Trinajstić information content (AvgIpc) is 1.69. The van der Waals surface area contributed by atoms with E-state index in [0.29, 0.717) is 0 Å². The van der Waals surface area contributed by atoms with Crippen molar-refractivity contribution in [1.82, 2.24) is 5.32 Å². The fraction of sp³-hybridized carbons (Fsp3) is 0.500. The van der Waals surface area contributed by atoms with Crippen molar-refractivity contribution >= 4 is 0 Å². The van der Waals surface area contributed by atoms with E-state index in [9.17, 15) is 0 Å². The van der Waals surface area contributed by atoms with Gasteiger partial charge in [-0.05, 0) is 13.3 Å². The lowest BCUT2D eigenvalue weighted by Gasteiger charge is -2.08. The molecule has 39 valence electrons. The number of hydrogen-bond acceptors (Lipinski definition) is 1. The quantitative estimate of drug-likeness (QED) is 0.469. The van der Waals surface area contributed by atoms with Crippen LogP contribution in [0.15, 0.2) is 11.6 Å². The molecule has 1 rings (SSSR count). The van der Waals surface area contributed by atoms with Crippen molar-refractivity contribution in [2.24, 2.45) is 0 Å². The highest BCUT2D eigenvalue weighted by Crippen LogP contribution is 1.95. The first-order chi connectivity index (χ1) is 3.39. The van der Waals surface area contributed by atoms with Crippen LogP contribution in [0.5, 0.6) is 0 Å². The summed E-state index contributed by atoms with van der Waals surface area (Å²) in [6.45, 7) is 4.23. The van der Waals surface area contributed by atoms with Gasteiger partial charge in [-0.15, -0.1) is 0 Å². The van der Waals surface area contributed by atoms with Crippen LogP contribution in [0.25, 0.3) is 0 Å². The van der Waals surface area contributed by atoms with Gasteiger partial charge in [-0.25, -0.2) is 0 Å². The molecule has 7 heavy (non-hydrogen) atoms. The average molecular weight is 96.2 g/mol. The van der Waals surface area contributed by atoms with Crippen molar-refractivity contribution < 1.29 is 0 Å². The van der Waals surface area contributed by atoms with Crippen LogP contribution in [0.2, 0.25) is 0 Å². The smallest absolute Gasteiger partial charge is 0.0162 e. The Kier molecular flexibility index (Phi) is 1.47. The molecule has 1 heteroatoms. The molecule has 1 aliphatic rings. The van der Waals surface area contributed by atoms with E-state index in [2.05, 4.69) is 24.7 Å². The molecule has 1 radical (unpaired) electrons. The van der Waals surface area contributed by atoms with Crippen molar-refractivity contribution in [3.05, 3.63) is 18.1 Å². The minimum Gasteiger partial charge on any atom is -0.312 e. The Morgan fingerprint density at radius 2 is 2.57 bits per heavy atom. The van der Waals surface area contributed by atoms with E-state index in [4.69, 9.17) is 0 Å². The second-order valence-electron chi connectivity index (χ2n) is 1.88. The normalized spacial score (nSPS) is 21.6. The van der Waals surface area contributed by atoms with E-state index in [1.54, 1.807) is 0 Å².